The minimum Gasteiger partial charge on any atom is -0.495 e. The summed E-state index contributed by atoms with van der Waals surface area (Å²) in [5, 5.41) is 5.97. The quantitative estimate of drug-likeness (QED) is 0.193. The molecule has 4 fully saturated rings. The molecule has 0 spiro atoms. The number of methoxy groups -OCH3 is 1. The predicted molar refractivity (Wildman–Crippen MR) is 217 cm³/mol. The van der Waals surface area contributed by atoms with Crippen LogP contribution < -0.4 is 29.9 Å². The van der Waals surface area contributed by atoms with Crippen LogP contribution in [0.5, 0.6) is 5.75 Å². The lowest BCUT2D eigenvalue weighted by molar-refractivity contribution is -0.138. The van der Waals surface area contributed by atoms with Gasteiger partial charge in [-0.25, -0.2) is 13.9 Å². The first-order valence-electron chi connectivity index (χ1n) is 19.7. The summed E-state index contributed by atoms with van der Waals surface area (Å²) >= 11 is 6.41. The van der Waals surface area contributed by atoms with Crippen LogP contribution in [0.25, 0.3) is 0 Å². The zero-order valence-electron chi connectivity index (χ0n) is 32.7. The number of hydrogen-bond donors (Lipinski definition) is 3. The topological polar surface area (TPSA) is 132 Å². The van der Waals surface area contributed by atoms with Crippen LogP contribution >= 0.6 is 11.6 Å². The third-order valence-electron chi connectivity index (χ3n) is 11.0. The highest BCUT2D eigenvalue weighted by atomic mass is 35.5. The Hall–Kier alpha value is -3.99. The Morgan fingerprint density at radius 1 is 0.947 bits per heavy atom. The normalized spacial score (nSPS) is 21.7. The molecule has 2 amide bonds. The molecule has 0 bridgehead atoms. The molecule has 3 aromatic rings. The highest BCUT2D eigenvalue weighted by molar-refractivity contribution is 7.83. The monoisotopic (exact) mass is 832 g/mol. The Labute approximate surface area is 339 Å². The first-order valence-corrected chi connectivity index (χ1v) is 21.2. The van der Waals surface area contributed by atoms with Crippen molar-refractivity contribution in [2.45, 2.75) is 87.7 Å². The number of piperidine rings is 2. The number of nitrogens with one attached hydrogen (secondary N) is 3. The van der Waals surface area contributed by atoms with Crippen LogP contribution in [0.15, 0.2) is 47.5 Å². The second-order valence-corrected chi connectivity index (χ2v) is 17.0. The molecule has 7 rings (SSSR count). The zero-order chi connectivity index (χ0) is 40.7. The van der Waals surface area contributed by atoms with Gasteiger partial charge in [-0.15, -0.1) is 0 Å². The van der Waals surface area contributed by atoms with Crippen molar-refractivity contribution in [1.29, 1.82) is 0 Å². The van der Waals surface area contributed by atoms with Crippen molar-refractivity contribution in [3.8, 4) is 5.75 Å². The SMILES string of the molecule is CN1CCN(c2ccc(C3CCC(=O)NC3=O)c(Cl)c2)CC1.COc1cc(S(=O)NC2CCCCC2)ccc1Nc1ncc(C(F)(F)F)c(N2CCCC(C)C2)n1. The lowest BCUT2D eigenvalue weighted by Crippen LogP contribution is -2.44. The van der Waals surface area contributed by atoms with E-state index in [1.807, 2.05) is 25.1 Å². The Bertz CT molecular complexity index is 1910. The van der Waals surface area contributed by atoms with Crippen LogP contribution in [0.2, 0.25) is 5.02 Å². The van der Waals surface area contributed by atoms with Crippen molar-refractivity contribution in [3.05, 3.63) is 58.7 Å². The van der Waals surface area contributed by atoms with Gasteiger partial charge in [0.25, 0.3) is 0 Å². The highest BCUT2D eigenvalue weighted by Crippen LogP contribution is 2.38. The second-order valence-electron chi connectivity index (χ2n) is 15.3. The fraction of sp³-hybridized carbons (Fsp3) is 0.550. The van der Waals surface area contributed by atoms with Crippen LogP contribution in [0.3, 0.4) is 0 Å². The molecule has 3 N–H and O–H groups in total. The van der Waals surface area contributed by atoms with Gasteiger partial charge in [-0.05, 0) is 81.0 Å². The minimum absolute atomic E-state index is 0.0405. The maximum atomic E-state index is 13.7. The third kappa shape index (κ3) is 11.1. The van der Waals surface area contributed by atoms with E-state index in [1.54, 1.807) is 23.1 Å². The predicted octanol–water partition coefficient (Wildman–Crippen LogP) is 7.04. The lowest BCUT2D eigenvalue weighted by atomic mass is 9.90. The maximum absolute atomic E-state index is 13.7. The number of anilines is 4. The summed E-state index contributed by atoms with van der Waals surface area (Å²) in [5.41, 5.74) is 1.53. The molecule has 4 heterocycles. The zero-order valence-corrected chi connectivity index (χ0v) is 34.2. The third-order valence-corrected chi connectivity index (χ3v) is 12.6. The van der Waals surface area contributed by atoms with E-state index in [4.69, 9.17) is 16.3 Å². The summed E-state index contributed by atoms with van der Waals surface area (Å²) in [6.07, 6.45) is 4.45. The van der Waals surface area contributed by atoms with Crippen LogP contribution in [0, 0.1) is 5.92 Å². The fourth-order valence-corrected chi connectivity index (χ4v) is 9.14. The van der Waals surface area contributed by atoms with E-state index < -0.39 is 22.7 Å². The van der Waals surface area contributed by atoms with E-state index in [1.165, 1.54) is 13.5 Å². The largest absolute Gasteiger partial charge is 0.495 e. The average Bonchev–Trinajstić information content (AvgIpc) is 3.19. The minimum atomic E-state index is -4.55. The first kappa shape index (κ1) is 42.6. The Balaban J connectivity index is 0.000000214. The average molecular weight is 833 g/mol. The summed E-state index contributed by atoms with van der Waals surface area (Å²) < 4.78 is 62.5. The number of amides is 2. The van der Waals surface area contributed by atoms with Crippen molar-refractivity contribution >= 4 is 57.5 Å². The van der Waals surface area contributed by atoms with Gasteiger partial charge in [-0.2, -0.15) is 18.2 Å². The van der Waals surface area contributed by atoms with Gasteiger partial charge in [0, 0.05) is 68.6 Å². The molecule has 0 radical (unpaired) electrons. The van der Waals surface area contributed by atoms with Crippen molar-refractivity contribution in [2.24, 2.45) is 5.92 Å². The van der Waals surface area contributed by atoms with Gasteiger partial charge in [0.15, 0.2) is 0 Å². The first-order chi connectivity index (χ1) is 27.3. The number of imide groups is 1. The number of rotatable bonds is 9. The van der Waals surface area contributed by atoms with Crippen molar-refractivity contribution in [1.82, 2.24) is 24.9 Å². The van der Waals surface area contributed by atoms with Crippen LogP contribution in [0.1, 0.15) is 81.8 Å². The van der Waals surface area contributed by atoms with Crippen LogP contribution in [0.4, 0.5) is 36.3 Å². The van der Waals surface area contributed by atoms with E-state index in [9.17, 15) is 27.0 Å². The fourth-order valence-electron chi connectivity index (χ4n) is 7.76. The van der Waals surface area contributed by atoms with E-state index in [0.717, 1.165) is 82.2 Å². The highest BCUT2D eigenvalue weighted by Gasteiger charge is 2.38. The van der Waals surface area contributed by atoms with Gasteiger partial charge >= 0.3 is 6.18 Å². The van der Waals surface area contributed by atoms with Gasteiger partial charge in [0.2, 0.25) is 17.8 Å². The molecule has 3 saturated heterocycles. The maximum Gasteiger partial charge on any atom is 0.421 e. The number of alkyl halides is 3. The van der Waals surface area contributed by atoms with E-state index >= 15 is 0 Å². The van der Waals surface area contributed by atoms with Crippen LogP contribution in [-0.2, 0) is 26.8 Å². The number of aromatic nitrogens is 2. The van der Waals surface area contributed by atoms with Gasteiger partial charge in [0.05, 0.1) is 23.6 Å². The number of benzene rings is 2. The van der Waals surface area contributed by atoms with E-state index in [-0.39, 0.29) is 41.5 Å². The molecule has 1 saturated carbocycles. The smallest absolute Gasteiger partial charge is 0.421 e. The summed E-state index contributed by atoms with van der Waals surface area (Å²) in [6.45, 7) is 7.08. The second kappa shape index (κ2) is 19.2. The summed E-state index contributed by atoms with van der Waals surface area (Å²) in [5.74, 6) is -0.165. The Morgan fingerprint density at radius 3 is 2.37 bits per heavy atom. The van der Waals surface area contributed by atoms with E-state index in [2.05, 4.69) is 42.2 Å². The molecule has 3 aliphatic heterocycles. The lowest BCUT2D eigenvalue weighted by Gasteiger charge is -2.34. The number of carbonyl (C=O) groups is 2. The van der Waals surface area contributed by atoms with Gasteiger partial charge < -0.3 is 24.8 Å². The number of piperazine rings is 1. The Kier molecular flexibility index (Phi) is 14.3. The molecular weight excluding hydrogens is 781 g/mol. The number of nitrogens with zero attached hydrogens (tertiary/aromatic N) is 5. The molecule has 3 unspecified atom stereocenters. The molecule has 12 nitrogen and oxygen atoms in total. The molecular formula is C40H52ClF3N8O4S. The number of ether oxygens (including phenoxy) is 1. The standard InChI is InChI=1S/C24H32F3N5O2S.C16H20ClN3O2/c1-16-7-6-12-32(15-16)22-19(24(25,26)27)14-28-23(30-22)29-20-11-10-18(13-21(20)34-2)35(33)31-17-8-4-3-5-9-17;1-19-6-8-20(9-7-19)11-2-3-12(14(17)10-11)13-4-5-15(21)18-16(13)22/h10-11,13-14,16-17,31H,3-9,12,15H2,1-2H3,(H,28,29,30);2-3,10,13H,4-9H2,1H3,(H,18,21,22). The van der Waals surface area contributed by atoms with Gasteiger partial charge in [-0.1, -0.05) is 43.9 Å². The summed E-state index contributed by atoms with van der Waals surface area (Å²) in [7, 11) is 2.21. The molecule has 1 aliphatic carbocycles. The molecule has 310 valence electrons. The molecule has 17 heteroatoms. The number of carbonyl (C=O) groups excluding carboxylic acids is 2. The summed E-state index contributed by atoms with van der Waals surface area (Å²) in [6, 6.07) is 11.2. The van der Waals surface area contributed by atoms with E-state index in [0.29, 0.717) is 47.3 Å². The van der Waals surface area contributed by atoms with Crippen molar-refractivity contribution in [2.75, 3.05) is 68.5 Å². The van der Waals surface area contributed by atoms with Crippen molar-refractivity contribution < 1.29 is 31.7 Å². The number of likely N-dealkylation sites (N-methyl/N-ethyl adjacent to an activating group) is 1. The van der Waals surface area contributed by atoms with Crippen molar-refractivity contribution in [3.63, 3.8) is 0 Å². The molecule has 3 atom stereocenters. The number of halogens is 4. The van der Waals surface area contributed by atoms with Gasteiger partial charge in [-0.3, -0.25) is 14.9 Å². The molecule has 57 heavy (non-hydrogen) atoms. The van der Waals surface area contributed by atoms with Crippen LogP contribution in [-0.4, -0.2) is 90.4 Å². The molecule has 2 aromatic carbocycles. The van der Waals surface area contributed by atoms with Gasteiger partial charge in [0.1, 0.15) is 28.1 Å². The number of hydrogen-bond acceptors (Lipinski definition) is 10. The Morgan fingerprint density at radius 2 is 1.70 bits per heavy atom. The molecule has 1 aromatic heterocycles. The molecule has 4 aliphatic rings. The summed E-state index contributed by atoms with van der Waals surface area (Å²) in [4.78, 5) is 38.3.